The van der Waals surface area contributed by atoms with Crippen LogP contribution < -0.4 is 9.62 Å². The zero-order valence-electron chi connectivity index (χ0n) is 22.0. The first-order valence-electron chi connectivity index (χ1n) is 12.5. The first-order chi connectivity index (χ1) is 17.9. The number of rotatable bonds is 6. The summed E-state index contributed by atoms with van der Waals surface area (Å²) in [4.78, 5) is 20.8. The first kappa shape index (κ1) is 27.5. The summed E-state index contributed by atoms with van der Waals surface area (Å²) in [5.41, 5.74) is 3.11. The molecule has 202 valence electrons. The number of benzene rings is 2. The van der Waals surface area contributed by atoms with Crippen LogP contribution in [0.4, 0.5) is 10.1 Å². The molecule has 2 heterocycles. The fraction of sp³-hybridized carbons (Fsp3) is 0.357. The van der Waals surface area contributed by atoms with Gasteiger partial charge in [0.25, 0.3) is 5.91 Å². The van der Waals surface area contributed by atoms with E-state index in [1.54, 1.807) is 30.5 Å². The normalized spacial score (nSPS) is 15.8. The van der Waals surface area contributed by atoms with Crippen LogP contribution in [-0.2, 0) is 10.0 Å². The molecule has 0 aliphatic carbocycles. The van der Waals surface area contributed by atoms with Gasteiger partial charge in [0.1, 0.15) is 11.6 Å². The number of hydrogen-bond donors (Lipinski definition) is 2. The summed E-state index contributed by atoms with van der Waals surface area (Å²) < 4.78 is 40.7. The van der Waals surface area contributed by atoms with Gasteiger partial charge in [0, 0.05) is 60.8 Å². The number of amides is 1. The molecule has 0 radical (unpaired) electrons. The van der Waals surface area contributed by atoms with Crippen molar-refractivity contribution in [3.8, 4) is 16.9 Å². The molecular weight excluding hydrogens is 507 g/mol. The summed E-state index contributed by atoms with van der Waals surface area (Å²) in [6.07, 6.45) is 2.92. The molecule has 4 rings (SSSR count). The monoisotopic (exact) mass is 540 g/mol. The highest BCUT2D eigenvalue weighted by Gasteiger charge is 2.31. The lowest BCUT2D eigenvalue weighted by Gasteiger charge is -2.39. The maximum Gasteiger partial charge on any atom is 0.264 e. The van der Waals surface area contributed by atoms with Crippen LogP contribution in [0, 0.1) is 5.82 Å². The van der Waals surface area contributed by atoms with Gasteiger partial charge in [-0.1, -0.05) is 12.1 Å². The molecule has 0 spiro atoms. The molecular formula is C28H33FN4O4S. The van der Waals surface area contributed by atoms with Crippen LogP contribution in [0.15, 0.2) is 60.9 Å². The van der Waals surface area contributed by atoms with Gasteiger partial charge in [-0.05, 0) is 69.7 Å². The predicted octanol–water partition coefficient (Wildman–Crippen LogP) is 4.33. The quantitative estimate of drug-likeness (QED) is 0.480. The van der Waals surface area contributed by atoms with Crippen LogP contribution in [0.5, 0.6) is 5.75 Å². The molecule has 1 unspecified atom stereocenters. The lowest BCUT2D eigenvalue weighted by molar-refractivity contribution is 0.0980. The fourth-order valence-corrected chi connectivity index (χ4v) is 5.02. The second kappa shape index (κ2) is 10.7. The number of anilines is 1. The number of nitrogens with zero attached hydrogens (tertiary/aromatic N) is 3. The van der Waals surface area contributed by atoms with E-state index in [1.165, 1.54) is 33.0 Å². The molecule has 0 saturated carbocycles. The van der Waals surface area contributed by atoms with Crippen molar-refractivity contribution in [3.05, 3.63) is 77.9 Å². The molecule has 0 bridgehead atoms. The Morgan fingerprint density at radius 1 is 1.00 bits per heavy atom. The van der Waals surface area contributed by atoms with Gasteiger partial charge in [-0.25, -0.2) is 17.5 Å². The lowest BCUT2D eigenvalue weighted by atomic mass is 10.00. The number of nitrogens with one attached hydrogen (secondary N) is 1. The molecule has 8 nitrogen and oxygen atoms in total. The van der Waals surface area contributed by atoms with Crippen molar-refractivity contribution in [2.45, 2.75) is 38.5 Å². The molecule has 1 aliphatic heterocycles. The van der Waals surface area contributed by atoms with E-state index in [0.717, 1.165) is 31.9 Å². The van der Waals surface area contributed by atoms with Gasteiger partial charge in [0.15, 0.2) is 0 Å². The number of piperazine rings is 1. The SMILES string of the molecule is CC(c1ccc(-c2cncc(O)c2)cc1F)N1CCN(c2ccc(C(=O)NS(=O)(=O)C(C)(C)C)cc2)CC1. The van der Waals surface area contributed by atoms with Gasteiger partial charge in [0.2, 0.25) is 10.0 Å². The van der Waals surface area contributed by atoms with Crippen molar-refractivity contribution >= 4 is 21.6 Å². The molecule has 2 N–H and O–H groups in total. The van der Waals surface area contributed by atoms with Crippen LogP contribution in [0.25, 0.3) is 11.1 Å². The Labute approximate surface area is 223 Å². The van der Waals surface area contributed by atoms with Crippen molar-refractivity contribution in [2.75, 3.05) is 31.1 Å². The molecule has 1 fully saturated rings. The van der Waals surface area contributed by atoms with Crippen LogP contribution in [0.1, 0.15) is 49.7 Å². The average Bonchev–Trinajstić information content (AvgIpc) is 2.87. The number of sulfonamides is 1. The molecule has 3 aromatic rings. The molecule has 10 heteroatoms. The van der Waals surface area contributed by atoms with Gasteiger partial charge in [-0.2, -0.15) is 0 Å². The summed E-state index contributed by atoms with van der Waals surface area (Å²) >= 11 is 0. The first-order valence-corrected chi connectivity index (χ1v) is 13.9. The van der Waals surface area contributed by atoms with Gasteiger partial charge >= 0.3 is 0 Å². The Balaban J connectivity index is 1.37. The number of carbonyl (C=O) groups excluding carboxylic acids is 1. The average molecular weight is 541 g/mol. The Morgan fingerprint density at radius 3 is 2.24 bits per heavy atom. The predicted molar refractivity (Wildman–Crippen MR) is 146 cm³/mol. The van der Waals surface area contributed by atoms with Gasteiger partial charge in [-0.15, -0.1) is 0 Å². The highest BCUT2D eigenvalue weighted by molar-refractivity contribution is 7.91. The number of carbonyl (C=O) groups is 1. The van der Waals surface area contributed by atoms with Crippen LogP contribution >= 0.6 is 0 Å². The molecule has 1 saturated heterocycles. The number of pyridine rings is 1. The van der Waals surface area contributed by atoms with Crippen LogP contribution in [0.2, 0.25) is 0 Å². The number of halogens is 1. The minimum Gasteiger partial charge on any atom is -0.506 e. The van der Waals surface area contributed by atoms with Crippen molar-refractivity contribution < 1.29 is 22.7 Å². The Hall–Kier alpha value is -3.50. The minimum atomic E-state index is -3.79. The van der Waals surface area contributed by atoms with Crippen molar-refractivity contribution in [1.29, 1.82) is 0 Å². The molecule has 1 amide bonds. The molecule has 1 atom stereocenters. The summed E-state index contributed by atoms with van der Waals surface area (Å²) in [7, 11) is -3.79. The lowest BCUT2D eigenvalue weighted by Crippen LogP contribution is -2.47. The second-order valence-electron chi connectivity index (χ2n) is 10.5. The molecule has 2 aromatic carbocycles. The summed E-state index contributed by atoms with van der Waals surface area (Å²) in [5, 5.41) is 9.66. The van der Waals surface area contributed by atoms with E-state index in [0.29, 0.717) is 16.7 Å². The highest BCUT2D eigenvalue weighted by Crippen LogP contribution is 2.30. The van der Waals surface area contributed by atoms with Crippen molar-refractivity contribution in [1.82, 2.24) is 14.6 Å². The second-order valence-corrected chi connectivity index (χ2v) is 12.9. The zero-order chi connectivity index (χ0) is 27.7. The van der Waals surface area contributed by atoms with Gasteiger partial charge < -0.3 is 10.0 Å². The topological polar surface area (TPSA) is 103 Å². The standard InChI is InChI=1S/C28H33FN4O4S/c1-19(25-10-7-21(16-26(25)29)22-15-24(34)18-30-17-22)32-11-13-33(14-12-32)23-8-5-20(6-9-23)27(35)31-38(36,37)28(2,3)4/h5-10,15-19,34H,11-14H2,1-4H3,(H,31,35). The molecule has 1 aromatic heterocycles. The maximum absolute atomic E-state index is 15.1. The van der Waals surface area contributed by atoms with E-state index in [-0.39, 0.29) is 23.2 Å². The third kappa shape index (κ3) is 5.97. The van der Waals surface area contributed by atoms with E-state index in [9.17, 15) is 18.3 Å². The summed E-state index contributed by atoms with van der Waals surface area (Å²) in [6.45, 7) is 9.49. The van der Waals surface area contributed by atoms with E-state index in [1.807, 2.05) is 25.1 Å². The Kier molecular flexibility index (Phi) is 7.75. The summed E-state index contributed by atoms with van der Waals surface area (Å²) in [6, 6.07) is 13.4. The van der Waals surface area contributed by atoms with E-state index < -0.39 is 20.7 Å². The third-order valence-electron chi connectivity index (χ3n) is 6.90. The Morgan fingerprint density at radius 2 is 1.66 bits per heavy atom. The third-order valence-corrected chi connectivity index (χ3v) is 8.96. The van der Waals surface area contributed by atoms with Gasteiger partial charge in [0.05, 0.1) is 10.9 Å². The zero-order valence-corrected chi connectivity index (χ0v) is 22.8. The fourth-order valence-electron chi connectivity index (χ4n) is 4.35. The van der Waals surface area contributed by atoms with Crippen molar-refractivity contribution in [2.24, 2.45) is 0 Å². The molecule has 1 aliphatic rings. The maximum atomic E-state index is 15.1. The minimum absolute atomic E-state index is 0.0320. The van der Waals surface area contributed by atoms with E-state index in [4.69, 9.17) is 0 Å². The largest absolute Gasteiger partial charge is 0.506 e. The van der Waals surface area contributed by atoms with Gasteiger partial charge in [-0.3, -0.25) is 14.7 Å². The van der Waals surface area contributed by atoms with E-state index >= 15 is 4.39 Å². The number of hydrogen-bond acceptors (Lipinski definition) is 7. The highest BCUT2D eigenvalue weighted by atomic mass is 32.2. The van der Waals surface area contributed by atoms with Crippen LogP contribution in [0.3, 0.4) is 0 Å². The number of aromatic nitrogens is 1. The summed E-state index contributed by atoms with van der Waals surface area (Å²) in [5.74, 6) is -0.925. The smallest absolute Gasteiger partial charge is 0.264 e. The van der Waals surface area contributed by atoms with E-state index in [2.05, 4.69) is 19.5 Å². The van der Waals surface area contributed by atoms with Crippen molar-refractivity contribution in [3.63, 3.8) is 0 Å². The van der Waals surface area contributed by atoms with Crippen LogP contribution in [-0.4, -0.2) is 60.2 Å². The number of aromatic hydroxyl groups is 1. The molecule has 38 heavy (non-hydrogen) atoms. The Bertz CT molecular complexity index is 1410.